The molecular formula is C42H48N2O7. The van der Waals surface area contributed by atoms with Gasteiger partial charge in [0, 0.05) is 43.6 Å². The van der Waals surface area contributed by atoms with E-state index in [0.29, 0.717) is 40.9 Å². The maximum absolute atomic E-state index is 12.8. The maximum Gasteiger partial charge on any atom is 0.308 e. The zero-order valence-electron chi connectivity index (χ0n) is 31.1. The molecule has 268 valence electrons. The lowest BCUT2D eigenvalue weighted by Crippen LogP contribution is -2.35. The number of rotatable bonds is 4. The fourth-order valence-corrected chi connectivity index (χ4v) is 8.36. The molecule has 0 aromatic heterocycles. The number of hydrogen-bond acceptors (Lipinski definition) is 9. The van der Waals surface area contributed by atoms with Gasteiger partial charge in [-0.1, -0.05) is 19.1 Å². The number of hydrogen-bond donors (Lipinski definition) is 0. The van der Waals surface area contributed by atoms with Crippen LogP contribution in [0, 0.1) is 13.8 Å². The van der Waals surface area contributed by atoms with Crippen LogP contribution in [0.2, 0.25) is 0 Å². The molecule has 9 heteroatoms. The standard InChI is InChI=1S/C42H48N2O7/c1-23-18-34(46-7)36-21-29(23)19-33-38-31(15-17-43(33)5)25(3)40(48-9)42(49-26(4)45)41(38)51-37-22-32-28(20-35(37)47-8)14-16-44(6)39(32)24(2)27-10-12-30(50-36)13-11-27/h10-13,18,20-22,24,33,39H,14-17,19H2,1-9H3/t24-,33-,39-/m0/s1. The van der Waals surface area contributed by atoms with E-state index in [-0.39, 0.29) is 23.8 Å². The molecule has 4 aliphatic heterocycles. The molecule has 0 radical (unpaired) electrons. The van der Waals surface area contributed by atoms with Gasteiger partial charge in [-0.05, 0) is 123 Å². The van der Waals surface area contributed by atoms with Crippen molar-refractivity contribution in [3.8, 4) is 46.0 Å². The predicted octanol–water partition coefficient (Wildman–Crippen LogP) is 8.26. The Labute approximate surface area is 301 Å². The lowest BCUT2D eigenvalue weighted by molar-refractivity contribution is -0.132. The van der Waals surface area contributed by atoms with Crippen molar-refractivity contribution in [2.24, 2.45) is 0 Å². The topological polar surface area (TPSA) is 78.9 Å². The second-order valence-corrected chi connectivity index (χ2v) is 14.1. The zero-order chi connectivity index (χ0) is 36.1. The fourth-order valence-electron chi connectivity index (χ4n) is 8.36. The van der Waals surface area contributed by atoms with E-state index >= 15 is 0 Å². The first-order valence-corrected chi connectivity index (χ1v) is 17.7. The third kappa shape index (κ3) is 6.16. The van der Waals surface area contributed by atoms with Crippen LogP contribution in [0.3, 0.4) is 0 Å². The van der Waals surface area contributed by atoms with E-state index in [1.807, 2.05) is 25.1 Å². The van der Waals surface area contributed by atoms with Crippen LogP contribution in [0.4, 0.5) is 0 Å². The van der Waals surface area contributed by atoms with Gasteiger partial charge in [-0.3, -0.25) is 14.6 Å². The first-order chi connectivity index (χ1) is 24.5. The lowest BCUT2D eigenvalue weighted by atomic mass is 9.82. The largest absolute Gasteiger partial charge is 0.493 e. The SMILES string of the molecule is COc1cc(C)c2cc1Oc1ccc(cc1)[C@H](C)[C@H]1c3cc(c(OC)cc3CCN1C)Oc1c(OC(C)=O)c(OC)c(C)c3c1[C@H](C2)N(C)CC3. The Morgan fingerprint density at radius 3 is 2.18 bits per heavy atom. The van der Waals surface area contributed by atoms with Gasteiger partial charge >= 0.3 is 5.97 Å². The van der Waals surface area contributed by atoms with Gasteiger partial charge in [-0.15, -0.1) is 0 Å². The molecule has 0 N–H and O–H groups in total. The van der Waals surface area contributed by atoms with E-state index in [9.17, 15) is 4.79 Å². The van der Waals surface area contributed by atoms with Gasteiger partial charge in [0.05, 0.1) is 21.3 Å². The van der Waals surface area contributed by atoms with Crippen molar-refractivity contribution in [2.75, 3.05) is 48.5 Å². The van der Waals surface area contributed by atoms with Gasteiger partial charge < -0.3 is 28.4 Å². The molecule has 4 heterocycles. The Morgan fingerprint density at radius 1 is 0.804 bits per heavy atom. The Morgan fingerprint density at radius 2 is 1.49 bits per heavy atom. The van der Waals surface area contributed by atoms with Gasteiger partial charge in [0.2, 0.25) is 5.75 Å². The van der Waals surface area contributed by atoms with E-state index in [1.54, 1.807) is 21.3 Å². The molecule has 0 saturated heterocycles. The van der Waals surface area contributed by atoms with Crippen molar-refractivity contribution in [3.05, 3.63) is 93.0 Å². The van der Waals surface area contributed by atoms with Gasteiger partial charge in [-0.25, -0.2) is 0 Å². The number of benzene rings is 4. The average molecular weight is 693 g/mol. The van der Waals surface area contributed by atoms with Gasteiger partial charge in [0.25, 0.3) is 0 Å². The molecule has 6 bridgehead atoms. The molecule has 0 fully saturated rings. The molecule has 0 amide bonds. The van der Waals surface area contributed by atoms with Crippen LogP contribution in [0.1, 0.15) is 76.4 Å². The third-order valence-corrected chi connectivity index (χ3v) is 11.1. The van der Waals surface area contributed by atoms with Crippen LogP contribution >= 0.6 is 0 Å². The minimum absolute atomic E-state index is 0.0701. The summed E-state index contributed by atoms with van der Waals surface area (Å²) >= 11 is 0. The number of ether oxygens (including phenoxy) is 6. The highest BCUT2D eigenvalue weighted by atomic mass is 16.6. The highest BCUT2D eigenvalue weighted by Crippen LogP contribution is 2.54. The molecule has 0 spiro atoms. The third-order valence-electron chi connectivity index (χ3n) is 11.1. The van der Waals surface area contributed by atoms with Crippen LogP contribution in [0.25, 0.3) is 0 Å². The molecule has 8 rings (SSSR count). The number of fused-ring (bicyclic) bond motifs is 2. The summed E-state index contributed by atoms with van der Waals surface area (Å²) in [6, 6.07) is 16.7. The highest BCUT2D eigenvalue weighted by molar-refractivity contribution is 5.75. The summed E-state index contributed by atoms with van der Waals surface area (Å²) in [5, 5.41) is 0. The number of nitrogens with zero attached hydrogens (tertiary/aromatic N) is 2. The first-order valence-electron chi connectivity index (χ1n) is 17.7. The van der Waals surface area contributed by atoms with Crippen LogP contribution in [0.5, 0.6) is 46.0 Å². The highest BCUT2D eigenvalue weighted by Gasteiger charge is 2.37. The molecule has 4 aromatic carbocycles. The normalized spacial score (nSPS) is 19.9. The summed E-state index contributed by atoms with van der Waals surface area (Å²) in [6.45, 7) is 9.54. The first kappa shape index (κ1) is 34.7. The molecule has 4 aromatic rings. The molecule has 3 atom stereocenters. The summed E-state index contributed by atoms with van der Waals surface area (Å²) < 4.78 is 37.5. The minimum atomic E-state index is -0.459. The van der Waals surface area contributed by atoms with E-state index in [1.165, 1.54) is 23.6 Å². The number of aryl methyl sites for hydroxylation is 1. The average Bonchev–Trinajstić information content (AvgIpc) is 3.11. The fraction of sp³-hybridized carbons (Fsp3) is 0.405. The second-order valence-electron chi connectivity index (χ2n) is 14.1. The Bertz CT molecular complexity index is 1990. The van der Waals surface area contributed by atoms with Gasteiger partial charge in [0.15, 0.2) is 34.5 Å². The molecule has 9 nitrogen and oxygen atoms in total. The van der Waals surface area contributed by atoms with Crippen molar-refractivity contribution >= 4 is 5.97 Å². The van der Waals surface area contributed by atoms with Gasteiger partial charge in [-0.2, -0.15) is 0 Å². The summed E-state index contributed by atoms with van der Waals surface area (Å²) in [7, 11) is 9.26. The number of esters is 1. The van der Waals surface area contributed by atoms with Crippen LogP contribution in [-0.4, -0.2) is 64.3 Å². The van der Waals surface area contributed by atoms with Crippen LogP contribution in [0.15, 0.2) is 48.5 Å². The second kappa shape index (κ2) is 13.8. The summed E-state index contributed by atoms with van der Waals surface area (Å²) in [6.07, 6.45) is 2.30. The van der Waals surface area contributed by atoms with E-state index < -0.39 is 5.97 Å². The Hall–Kier alpha value is -4.73. The Kier molecular flexibility index (Phi) is 9.37. The number of likely N-dealkylation sites (N-methyl/N-ethyl adjacent to an activating group) is 2. The minimum Gasteiger partial charge on any atom is -0.493 e. The number of carbonyl (C=O) groups excluding carboxylic acids is 1. The van der Waals surface area contributed by atoms with Crippen molar-refractivity contribution in [3.63, 3.8) is 0 Å². The van der Waals surface area contributed by atoms with E-state index in [2.05, 4.69) is 68.1 Å². The monoisotopic (exact) mass is 692 g/mol. The lowest BCUT2D eigenvalue weighted by Gasteiger charge is -2.39. The van der Waals surface area contributed by atoms with Crippen molar-refractivity contribution in [2.45, 2.75) is 65.0 Å². The smallest absolute Gasteiger partial charge is 0.308 e. The number of methoxy groups -OCH3 is 3. The molecule has 0 unspecified atom stereocenters. The van der Waals surface area contributed by atoms with E-state index in [0.717, 1.165) is 59.5 Å². The summed E-state index contributed by atoms with van der Waals surface area (Å²) in [5.74, 6) is 4.16. The van der Waals surface area contributed by atoms with Crippen molar-refractivity contribution in [1.82, 2.24) is 9.80 Å². The maximum atomic E-state index is 12.8. The quantitative estimate of drug-likeness (QED) is 0.155. The zero-order valence-corrected chi connectivity index (χ0v) is 31.1. The molecule has 0 saturated carbocycles. The molecule has 51 heavy (non-hydrogen) atoms. The molecular weight excluding hydrogens is 644 g/mol. The predicted molar refractivity (Wildman–Crippen MR) is 197 cm³/mol. The molecule has 0 aliphatic carbocycles. The van der Waals surface area contributed by atoms with Crippen LogP contribution < -0.4 is 28.4 Å². The number of carbonyl (C=O) groups is 1. The summed E-state index contributed by atoms with van der Waals surface area (Å²) in [4.78, 5) is 17.5. The molecule has 4 aliphatic rings. The summed E-state index contributed by atoms with van der Waals surface area (Å²) in [5.41, 5.74) is 8.82. The Balaban J connectivity index is 1.54. The van der Waals surface area contributed by atoms with Crippen molar-refractivity contribution in [1.29, 1.82) is 0 Å². The van der Waals surface area contributed by atoms with Gasteiger partial charge in [0.1, 0.15) is 5.75 Å². The van der Waals surface area contributed by atoms with Crippen LogP contribution in [-0.2, 0) is 24.1 Å². The van der Waals surface area contributed by atoms with E-state index in [4.69, 9.17) is 28.4 Å². The van der Waals surface area contributed by atoms with Crippen molar-refractivity contribution < 1.29 is 33.2 Å².